The lowest BCUT2D eigenvalue weighted by Crippen LogP contribution is -2.25. The standard InChI is InChI=1S/C18H20N6.ClH/c1-13(22(2)3)24-17-11-7-4-8-14(17)19-18(24)12-23-16-10-6-5-9-15(16)20-21-23;/h4-11,13H,12H2,1-3H3;1H. The molecule has 7 heteroatoms. The van der Waals surface area contributed by atoms with E-state index in [9.17, 15) is 0 Å². The van der Waals surface area contributed by atoms with Gasteiger partial charge in [-0.2, -0.15) is 0 Å². The summed E-state index contributed by atoms with van der Waals surface area (Å²) < 4.78 is 4.18. The van der Waals surface area contributed by atoms with Crippen LogP contribution >= 0.6 is 12.4 Å². The van der Waals surface area contributed by atoms with Crippen LogP contribution in [-0.4, -0.2) is 43.5 Å². The molecule has 0 saturated heterocycles. The first-order chi connectivity index (χ1) is 11.6. The molecule has 1 atom stereocenters. The summed E-state index contributed by atoms with van der Waals surface area (Å²) in [5.74, 6) is 0.980. The van der Waals surface area contributed by atoms with Gasteiger partial charge in [-0.25, -0.2) is 9.67 Å². The van der Waals surface area contributed by atoms with E-state index < -0.39 is 0 Å². The molecule has 2 aromatic heterocycles. The minimum absolute atomic E-state index is 0. The Morgan fingerprint density at radius 1 is 0.960 bits per heavy atom. The number of imidazole rings is 1. The maximum atomic E-state index is 4.85. The average molecular weight is 357 g/mol. The summed E-state index contributed by atoms with van der Waals surface area (Å²) in [7, 11) is 4.15. The molecule has 2 aromatic carbocycles. The Labute approximate surface area is 152 Å². The third kappa shape index (κ3) is 2.99. The van der Waals surface area contributed by atoms with Gasteiger partial charge in [0.25, 0.3) is 0 Å². The highest BCUT2D eigenvalue weighted by molar-refractivity contribution is 5.85. The van der Waals surface area contributed by atoms with E-state index >= 15 is 0 Å². The number of rotatable bonds is 4. The van der Waals surface area contributed by atoms with Crippen LogP contribution in [-0.2, 0) is 6.54 Å². The lowest BCUT2D eigenvalue weighted by molar-refractivity contribution is 0.238. The van der Waals surface area contributed by atoms with Crippen LogP contribution in [0.15, 0.2) is 48.5 Å². The topological polar surface area (TPSA) is 51.8 Å². The molecule has 0 aliphatic heterocycles. The zero-order valence-electron chi connectivity index (χ0n) is 14.5. The molecule has 0 amide bonds. The fourth-order valence-corrected chi connectivity index (χ4v) is 3.02. The molecule has 4 aromatic rings. The number of benzene rings is 2. The largest absolute Gasteiger partial charge is 0.310 e. The van der Waals surface area contributed by atoms with E-state index in [0.29, 0.717) is 6.54 Å². The van der Waals surface area contributed by atoms with Crippen molar-refractivity contribution in [3.63, 3.8) is 0 Å². The first kappa shape index (κ1) is 17.4. The third-order valence-corrected chi connectivity index (χ3v) is 4.50. The van der Waals surface area contributed by atoms with Gasteiger partial charge in [-0.05, 0) is 45.3 Å². The van der Waals surface area contributed by atoms with E-state index in [1.807, 2.05) is 35.0 Å². The number of para-hydroxylation sites is 3. The maximum Gasteiger partial charge on any atom is 0.133 e. The normalized spacial score (nSPS) is 12.6. The SMILES string of the molecule is CC(N(C)C)n1c(Cn2nnc3ccccc32)nc2ccccc21.Cl. The fourth-order valence-electron chi connectivity index (χ4n) is 3.02. The Hall–Kier alpha value is -2.44. The van der Waals surface area contributed by atoms with Crippen LogP contribution in [0.3, 0.4) is 0 Å². The van der Waals surface area contributed by atoms with Gasteiger partial charge in [-0.1, -0.05) is 29.5 Å². The monoisotopic (exact) mass is 356 g/mol. The van der Waals surface area contributed by atoms with Crippen LogP contribution in [0.25, 0.3) is 22.1 Å². The highest BCUT2D eigenvalue weighted by Gasteiger charge is 2.18. The Balaban J connectivity index is 0.00000182. The lowest BCUT2D eigenvalue weighted by atomic mass is 10.3. The van der Waals surface area contributed by atoms with E-state index in [-0.39, 0.29) is 18.6 Å². The van der Waals surface area contributed by atoms with E-state index in [0.717, 1.165) is 27.9 Å². The zero-order chi connectivity index (χ0) is 16.7. The van der Waals surface area contributed by atoms with E-state index in [1.54, 1.807) is 0 Å². The van der Waals surface area contributed by atoms with Crippen molar-refractivity contribution in [3.05, 3.63) is 54.4 Å². The van der Waals surface area contributed by atoms with Gasteiger partial charge in [0.1, 0.15) is 17.9 Å². The van der Waals surface area contributed by atoms with E-state index in [1.165, 1.54) is 0 Å². The quantitative estimate of drug-likeness (QED) is 0.562. The Morgan fingerprint density at radius 3 is 2.32 bits per heavy atom. The molecule has 1 unspecified atom stereocenters. The van der Waals surface area contributed by atoms with Crippen LogP contribution in [0.1, 0.15) is 18.9 Å². The summed E-state index contributed by atoms with van der Waals surface area (Å²) in [4.78, 5) is 7.02. The molecule has 0 fully saturated rings. The number of hydrogen-bond donors (Lipinski definition) is 0. The van der Waals surface area contributed by atoms with Crippen LogP contribution in [0, 0.1) is 0 Å². The Morgan fingerprint density at radius 2 is 1.60 bits per heavy atom. The molecule has 0 bridgehead atoms. The van der Waals surface area contributed by atoms with Crippen LogP contribution in [0.5, 0.6) is 0 Å². The molecule has 0 radical (unpaired) electrons. The van der Waals surface area contributed by atoms with Crippen molar-refractivity contribution in [2.45, 2.75) is 19.6 Å². The molecule has 0 saturated carbocycles. The highest BCUT2D eigenvalue weighted by atomic mass is 35.5. The van der Waals surface area contributed by atoms with Crippen molar-refractivity contribution in [1.82, 2.24) is 29.4 Å². The average Bonchev–Trinajstić information content (AvgIpc) is 3.16. The number of fused-ring (bicyclic) bond motifs is 2. The van der Waals surface area contributed by atoms with Crippen LogP contribution in [0.4, 0.5) is 0 Å². The summed E-state index contributed by atoms with van der Waals surface area (Å²) in [6, 6.07) is 16.2. The molecule has 4 rings (SSSR count). The Kier molecular flexibility index (Phi) is 4.74. The summed E-state index contributed by atoms with van der Waals surface area (Å²) in [6.45, 7) is 2.77. The minimum atomic E-state index is 0. The molecule has 6 nitrogen and oxygen atoms in total. The van der Waals surface area contributed by atoms with Crippen molar-refractivity contribution in [2.24, 2.45) is 0 Å². The highest BCUT2D eigenvalue weighted by Crippen LogP contribution is 2.23. The predicted molar refractivity (Wildman–Crippen MR) is 102 cm³/mol. The first-order valence-electron chi connectivity index (χ1n) is 8.05. The van der Waals surface area contributed by atoms with Crippen molar-refractivity contribution in [2.75, 3.05) is 14.1 Å². The van der Waals surface area contributed by atoms with Gasteiger partial charge < -0.3 is 4.57 Å². The van der Waals surface area contributed by atoms with Gasteiger partial charge in [0.15, 0.2) is 0 Å². The van der Waals surface area contributed by atoms with Gasteiger partial charge in [0, 0.05) is 0 Å². The van der Waals surface area contributed by atoms with Gasteiger partial charge >= 0.3 is 0 Å². The molecule has 0 aliphatic carbocycles. The predicted octanol–water partition coefficient (Wildman–Crippen LogP) is 3.33. The molecule has 0 N–H and O–H groups in total. The van der Waals surface area contributed by atoms with E-state index in [2.05, 4.69) is 59.0 Å². The van der Waals surface area contributed by atoms with Gasteiger partial charge in [-0.3, -0.25) is 4.90 Å². The minimum Gasteiger partial charge on any atom is -0.310 e. The van der Waals surface area contributed by atoms with Crippen molar-refractivity contribution < 1.29 is 0 Å². The van der Waals surface area contributed by atoms with Crippen molar-refractivity contribution >= 4 is 34.5 Å². The summed E-state index contributed by atoms with van der Waals surface area (Å²) >= 11 is 0. The number of aromatic nitrogens is 5. The van der Waals surface area contributed by atoms with E-state index in [4.69, 9.17) is 4.98 Å². The number of halogens is 1. The Bertz CT molecular complexity index is 1000. The summed E-state index contributed by atoms with van der Waals surface area (Å²) in [5.41, 5.74) is 4.07. The van der Waals surface area contributed by atoms with Crippen molar-refractivity contribution in [1.29, 1.82) is 0 Å². The molecule has 0 aliphatic rings. The van der Waals surface area contributed by atoms with Crippen molar-refractivity contribution in [3.8, 4) is 0 Å². The summed E-state index contributed by atoms with van der Waals surface area (Å²) in [5, 5.41) is 8.55. The summed E-state index contributed by atoms with van der Waals surface area (Å²) in [6.07, 6.45) is 0.196. The first-order valence-corrected chi connectivity index (χ1v) is 8.05. The smallest absolute Gasteiger partial charge is 0.133 e. The third-order valence-electron chi connectivity index (χ3n) is 4.50. The second kappa shape index (κ2) is 6.82. The molecule has 25 heavy (non-hydrogen) atoms. The molecule has 2 heterocycles. The maximum absolute atomic E-state index is 4.85. The molecule has 130 valence electrons. The van der Waals surface area contributed by atoms with Crippen LogP contribution < -0.4 is 0 Å². The molecular formula is C18H21ClN6. The second-order valence-electron chi connectivity index (χ2n) is 6.22. The lowest BCUT2D eigenvalue weighted by Gasteiger charge is -2.24. The number of hydrogen-bond acceptors (Lipinski definition) is 4. The van der Waals surface area contributed by atoms with Gasteiger partial charge in [0.05, 0.1) is 22.7 Å². The molecule has 0 spiro atoms. The second-order valence-corrected chi connectivity index (χ2v) is 6.22. The number of nitrogens with zero attached hydrogens (tertiary/aromatic N) is 6. The van der Waals surface area contributed by atoms with Crippen LogP contribution in [0.2, 0.25) is 0 Å². The van der Waals surface area contributed by atoms with Gasteiger partial charge in [-0.15, -0.1) is 17.5 Å². The molecular weight excluding hydrogens is 336 g/mol. The fraction of sp³-hybridized carbons (Fsp3) is 0.278. The van der Waals surface area contributed by atoms with Gasteiger partial charge in [0.2, 0.25) is 0 Å². The zero-order valence-corrected chi connectivity index (χ0v) is 15.3.